The number of benzene rings is 1. The Kier molecular flexibility index (Phi) is 3.67. The summed E-state index contributed by atoms with van der Waals surface area (Å²) in [6, 6.07) is 5.40. The molecule has 0 heterocycles. The summed E-state index contributed by atoms with van der Waals surface area (Å²) in [5, 5.41) is 3.23. The van der Waals surface area contributed by atoms with Gasteiger partial charge in [-0.2, -0.15) is 0 Å². The second-order valence-electron chi connectivity index (χ2n) is 4.99. The smallest absolute Gasteiger partial charge is 0.168 e. The molecule has 1 saturated carbocycles. The Morgan fingerprint density at radius 2 is 2.18 bits per heavy atom. The zero-order valence-corrected chi connectivity index (χ0v) is 10.6. The molecule has 1 aliphatic rings. The molecule has 2 nitrogen and oxygen atoms in total. The number of hydrogen-bond acceptors (Lipinski definition) is 2. The molecule has 0 atom stereocenters. The quantitative estimate of drug-likeness (QED) is 0.850. The van der Waals surface area contributed by atoms with Crippen molar-refractivity contribution in [2.45, 2.75) is 25.7 Å². The summed E-state index contributed by atoms with van der Waals surface area (Å²) in [6.07, 6.45) is 4.43. The third kappa shape index (κ3) is 2.44. The van der Waals surface area contributed by atoms with Crippen LogP contribution in [0, 0.1) is 11.2 Å². The van der Waals surface area contributed by atoms with Crippen molar-refractivity contribution in [1.29, 1.82) is 0 Å². The maximum Gasteiger partial charge on any atom is 0.168 e. The Morgan fingerprint density at radius 1 is 1.41 bits per heavy atom. The van der Waals surface area contributed by atoms with Gasteiger partial charge in [-0.1, -0.05) is 18.6 Å². The van der Waals surface area contributed by atoms with Gasteiger partial charge in [0.2, 0.25) is 0 Å². The maximum absolute atomic E-state index is 14.1. The molecule has 0 bridgehead atoms. The van der Waals surface area contributed by atoms with E-state index < -0.39 is 0 Å². The zero-order valence-electron chi connectivity index (χ0n) is 10.6. The lowest BCUT2D eigenvalue weighted by molar-refractivity contribution is 0.132. The van der Waals surface area contributed by atoms with Gasteiger partial charge in [0.25, 0.3) is 0 Å². The molecule has 1 aliphatic carbocycles. The third-order valence-electron chi connectivity index (χ3n) is 3.79. The van der Waals surface area contributed by atoms with E-state index in [-0.39, 0.29) is 11.2 Å². The van der Waals surface area contributed by atoms with Crippen molar-refractivity contribution in [3.8, 4) is 5.75 Å². The van der Waals surface area contributed by atoms with Gasteiger partial charge in [-0.15, -0.1) is 0 Å². The number of nitrogens with one attached hydrogen (secondary N) is 1. The highest BCUT2D eigenvalue weighted by molar-refractivity contribution is 5.32. The van der Waals surface area contributed by atoms with Crippen molar-refractivity contribution in [2.24, 2.45) is 5.41 Å². The number of halogens is 1. The van der Waals surface area contributed by atoms with Crippen LogP contribution in [0.25, 0.3) is 0 Å². The first-order valence-corrected chi connectivity index (χ1v) is 6.17. The Labute approximate surface area is 102 Å². The minimum atomic E-state index is -0.197. The number of rotatable bonds is 5. The maximum atomic E-state index is 14.1. The summed E-state index contributed by atoms with van der Waals surface area (Å²) >= 11 is 0. The van der Waals surface area contributed by atoms with Gasteiger partial charge >= 0.3 is 0 Å². The van der Waals surface area contributed by atoms with Crippen LogP contribution in [-0.2, 0) is 6.42 Å². The Balaban J connectivity index is 2.17. The highest BCUT2D eigenvalue weighted by atomic mass is 19.1. The van der Waals surface area contributed by atoms with Crippen LogP contribution in [0.1, 0.15) is 24.8 Å². The third-order valence-corrected chi connectivity index (χ3v) is 3.79. The van der Waals surface area contributed by atoms with Gasteiger partial charge in [-0.05, 0) is 43.4 Å². The first-order chi connectivity index (χ1) is 8.21. The Hall–Kier alpha value is -1.09. The molecule has 0 unspecified atom stereocenters. The summed E-state index contributed by atoms with van der Waals surface area (Å²) in [6.45, 7) is 0.962. The predicted molar refractivity (Wildman–Crippen MR) is 66.9 cm³/mol. The van der Waals surface area contributed by atoms with Gasteiger partial charge in [0.15, 0.2) is 11.6 Å². The van der Waals surface area contributed by atoms with Crippen molar-refractivity contribution < 1.29 is 9.13 Å². The number of hydrogen-bond donors (Lipinski definition) is 1. The standard InChI is InChI=1S/C14H20FNO/c1-16-10-14(7-4-8-14)9-11-5-3-6-12(17-2)13(11)15/h3,5-6,16H,4,7-10H2,1-2H3. The summed E-state index contributed by atoms with van der Waals surface area (Å²) in [4.78, 5) is 0. The fourth-order valence-corrected chi connectivity index (χ4v) is 2.72. The van der Waals surface area contributed by atoms with Crippen molar-refractivity contribution in [3.63, 3.8) is 0 Å². The minimum Gasteiger partial charge on any atom is -0.494 e. The van der Waals surface area contributed by atoms with Crippen LogP contribution in [-0.4, -0.2) is 20.7 Å². The molecule has 1 aromatic rings. The molecular formula is C14H20FNO. The molecule has 0 saturated heterocycles. The average molecular weight is 237 g/mol. The van der Waals surface area contributed by atoms with E-state index in [4.69, 9.17) is 4.74 Å². The Morgan fingerprint density at radius 3 is 2.71 bits per heavy atom. The largest absolute Gasteiger partial charge is 0.494 e. The van der Waals surface area contributed by atoms with E-state index >= 15 is 0 Å². The second kappa shape index (κ2) is 5.05. The lowest BCUT2D eigenvalue weighted by Crippen LogP contribution is -2.40. The molecular weight excluding hydrogens is 217 g/mol. The second-order valence-corrected chi connectivity index (χ2v) is 4.99. The molecule has 0 spiro atoms. The topological polar surface area (TPSA) is 21.3 Å². The summed E-state index contributed by atoms with van der Waals surface area (Å²) in [5.74, 6) is 0.152. The van der Waals surface area contributed by atoms with Crippen LogP contribution in [0.5, 0.6) is 5.75 Å². The van der Waals surface area contributed by atoms with E-state index in [0.29, 0.717) is 5.75 Å². The summed E-state index contributed by atoms with van der Waals surface area (Å²) < 4.78 is 19.1. The van der Waals surface area contributed by atoms with Crippen LogP contribution in [0.15, 0.2) is 18.2 Å². The van der Waals surface area contributed by atoms with Crippen LogP contribution >= 0.6 is 0 Å². The van der Waals surface area contributed by atoms with E-state index in [0.717, 1.165) is 18.5 Å². The zero-order chi connectivity index (χ0) is 12.3. The molecule has 3 heteroatoms. The molecule has 0 amide bonds. The molecule has 2 rings (SSSR count). The van der Waals surface area contributed by atoms with E-state index in [2.05, 4.69) is 5.32 Å². The summed E-state index contributed by atoms with van der Waals surface area (Å²) in [5.41, 5.74) is 1.03. The van der Waals surface area contributed by atoms with E-state index in [1.54, 1.807) is 6.07 Å². The molecule has 17 heavy (non-hydrogen) atoms. The van der Waals surface area contributed by atoms with Crippen molar-refractivity contribution in [1.82, 2.24) is 5.32 Å². The Bertz CT molecular complexity index is 388. The molecule has 1 aromatic carbocycles. The van der Waals surface area contributed by atoms with E-state index in [9.17, 15) is 4.39 Å². The molecule has 1 fully saturated rings. The first-order valence-electron chi connectivity index (χ1n) is 6.17. The SMILES string of the molecule is CNCC1(Cc2cccc(OC)c2F)CCC1. The van der Waals surface area contributed by atoms with Crippen molar-refractivity contribution >= 4 is 0 Å². The lowest BCUT2D eigenvalue weighted by atomic mass is 9.65. The lowest BCUT2D eigenvalue weighted by Gasteiger charge is -2.42. The number of ether oxygens (including phenoxy) is 1. The minimum absolute atomic E-state index is 0.197. The van der Waals surface area contributed by atoms with Crippen LogP contribution in [0.3, 0.4) is 0 Å². The molecule has 0 aliphatic heterocycles. The van der Waals surface area contributed by atoms with Gasteiger partial charge in [0.05, 0.1) is 7.11 Å². The monoisotopic (exact) mass is 237 g/mol. The molecule has 0 aromatic heterocycles. The normalized spacial score (nSPS) is 17.6. The molecule has 1 N–H and O–H groups in total. The highest BCUT2D eigenvalue weighted by Crippen LogP contribution is 2.43. The fraction of sp³-hybridized carbons (Fsp3) is 0.571. The van der Waals surface area contributed by atoms with E-state index in [1.807, 2.05) is 19.2 Å². The van der Waals surface area contributed by atoms with Gasteiger partial charge in [0.1, 0.15) is 0 Å². The van der Waals surface area contributed by atoms with E-state index in [1.165, 1.54) is 26.4 Å². The molecule has 94 valence electrons. The fourth-order valence-electron chi connectivity index (χ4n) is 2.72. The van der Waals surface area contributed by atoms with Crippen molar-refractivity contribution in [3.05, 3.63) is 29.6 Å². The van der Waals surface area contributed by atoms with Crippen LogP contribution in [0.2, 0.25) is 0 Å². The van der Waals surface area contributed by atoms with Crippen LogP contribution < -0.4 is 10.1 Å². The van der Waals surface area contributed by atoms with Gasteiger partial charge in [-0.25, -0.2) is 4.39 Å². The highest BCUT2D eigenvalue weighted by Gasteiger charge is 2.37. The molecule has 0 radical (unpaired) electrons. The first kappa shape index (κ1) is 12.4. The van der Waals surface area contributed by atoms with Gasteiger partial charge in [0, 0.05) is 6.54 Å². The predicted octanol–water partition coefficient (Wildman–Crippen LogP) is 2.77. The van der Waals surface area contributed by atoms with Gasteiger partial charge in [-0.3, -0.25) is 0 Å². The summed E-state index contributed by atoms with van der Waals surface area (Å²) in [7, 11) is 3.47. The number of methoxy groups -OCH3 is 1. The van der Waals surface area contributed by atoms with Crippen LogP contribution in [0.4, 0.5) is 4.39 Å². The van der Waals surface area contributed by atoms with Gasteiger partial charge < -0.3 is 10.1 Å². The average Bonchev–Trinajstić information content (AvgIpc) is 2.29. The van der Waals surface area contributed by atoms with Crippen molar-refractivity contribution in [2.75, 3.05) is 20.7 Å².